The van der Waals surface area contributed by atoms with Crippen molar-refractivity contribution in [3.8, 4) is 0 Å². The molecule has 2 aliphatic rings. The maximum absolute atomic E-state index is 12.5. The summed E-state index contributed by atoms with van der Waals surface area (Å²) in [4.78, 5) is 31.5. The molecule has 0 unspecified atom stereocenters. The van der Waals surface area contributed by atoms with Gasteiger partial charge in [0.25, 0.3) is 5.56 Å². The summed E-state index contributed by atoms with van der Waals surface area (Å²) in [5.74, 6) is 0.0739. The Bertz CT molecular complexity index is 913. The van der Waals surface area contributed by atoms with Crippen molar-refractivity contribution >= 4 is 11.6 Å². The molecule has 4 rings (SSSR count). The molecule has 2 aliphatic heterocycles. The van der Waals surface area contributed by atoms with Crippen molar-refractivity contribution in [1.82, 2.24) is 19.5 Å². The van der Waals surface area contributed by atoms with Gasteiger partial charge in [-0.1, -0.05) is 6.92 Å². The predicted molar refractivity (Wildman–Crippen MR) is 104 cm³/mol. The van der Waals surface area contributed by atoms with E-state index in [2.05, 4.69) is 12.0 Å². The van der Waals surface area contributed by atoms with Crippen LogP contribution in [0.15, 0.2) is 10.9 Å². The van der Waals surface area contributed by atoms with Gasteiger partial charge in [-0.25, -0.2) is 9.50 Å². The van der Waals surface area contributed by atoms with Crippen molar-refractivity contribution in [2.75, 3.05) is 32.9 Å². The molecule has 0 aliphatic carbocycles. The van der Waals surface area contributed by atoms with E-state index in [1.54, 1.807) is 6.07 Å². The summed E-state index contributed by atoms with van der Waals surface area (Å²) in [6, 6.07) is 1.59. The number of hydrogen-bond donors (Lipinski definition) is 1. The molecule has 1 amide bonds. The Balaban J connectivity index is 1.40. The lowest BCUT2D eigenvalue weighted by Crippen LogP contribution is -2.33. The van der Waals surface area contributed by atoms with E-state index in [4.69, 9.17) is 14.5 Å². The number of nitrogens with zero attached hydrogens (tertiary/aromatic N) is 3. The van der Waals surface area contributed by atoms with E-state index in [0.717, 1.165) is 49.2 Å². The second-order valence-electron chi connectivity index (χ2n) is 7.72. The Morgan fingerprint density at radius 1 is 1.43 bits per heavy atom. The normalized spacial score (nSPS) is 22.4. The first-order valence-electron chi connectivity index (χ1n) is 10.1. The molecule has 0 radical (unpaired) electrons. The molecule has 2 aromatic heterocycles. The minimum absolute atomic E-state index is 0.00923. The Hall–Kier alpha value is -2.19. The van der Waals surface area contributed by atoms with Gasteiger partial charge in [-0.05, 0) is 32.6 Å². The molecule has 152 valence electrons. The number of amides is 1. The zero-order valence-corrected chi connectivity index (χ0v) is 16.6. The Morgan fingerprint density at radius 2 is 2.29 bits per heavy atom. The minimum Gasteiger partial charge on any atom is -0.376 e. The van der Waals surface area contributed by atoms with Crippen LogP contribution in [0.3, 0.4) is 0 Å². The molecule has 0 saturated carbocycles. The third-order valence-corrected chi connectivity index (χ3v) is 5.81. The number of H-pyrrole nitrogens is 1. The lowest BCUT2D eigenvalue weighted by Gasteiger charge is -2.17. The molecule has 8 heteroatoms. The first kappa shape index (κ1) is 19.1. The van der Waals surface area contributed by atoms with Crippen LogP contribution in [0, 0.1) is 6.92 Å². The highest BCUT2D eigenvalue weighted by molar-refractivity contribution is 5.77. The predicted octanol–water partition coefficient (Wildman–Crippen LogP) is 1.40. The van der Waals surface area contributed by atoms with Gasteiger partial charge in [-0.3, -0.25) is 14.7 Å². The first-order valence-corrected chi connectivity index (χ1v) is 10.1. The molecule has 0 aromatic carbocycles. The van der Waals surface area contributed by atoms with Gasteiger partial charge in [0.2, 0.25) is 5.91 Å². The highest BCUT2D eigenvalue weighted by Gasteiger charge is 2.29. The van der Waals surface area contributed by atoms with Gasteiger partial charge in [-0.2, -0.15) is 0 Å². The van der Waals surface area contributed by atoms with Crippen molar-refractivity contribution in [2.24, 2.45) is 0 Å². The van der Waals surface area contributed by atoms with E-state index in [1.807, 2.05) is 11.8 Å². The molecule has 2 fully saturated rings. The summed E-state index contributed by atoms with van der Waals surface area (Å²) in [7, 11) is 0. The maximum Gasteiger partial charge on any atom is 0.272 e. The largest absolute Gasteiger partial charge is 0.376 e. The van der Waals surface area contributed by atoms with Gasteiger partial charge < -0.3 is 14.4 Å². The smallest absolute Gasteiger partial charge is 0.272 e. The van der Waals surface area contributed by atoms with Gasteiger partial charge in [0.05, 0.1) is 18.4 Å². The van der Waals surface area contributed by atoms with Crippen LogP contribution < -0.4 is 5.56 Å². The van der Waals surface area contributed by atoms with Crippen LogP contribution in [-0.2, 0) is 20.7 Å². The average Bonchev–Trinajstić information content (AvgIpc) is 3.41. The van der Waals surface area contributed by atoms with E-state index >= 15 is 0 Å². The van der Waals surface area contributed by atoms with Gasteiger partial charge in [0.1, 0.15) is 6.61 Å². The zero-order chi connectivity index (χ0) is 19.7. The van der Waals surface area contributed by atoms with Crippen LogP contribution in [0.2, 0.25) is 0 Å². The lowest BCUT2D eigenvalue weighted by atomic mass is 10.0. The molecule has 0 bridgehead atoms. The number of nitrogens with one attached hydrogen (secondary N) is 1. The average molecular weight is 388 g/mol. The second kappa shape index (κ2) is 8.05. The Labute approximate surface area is 163 Å². The number of rotatable bonds is 6. The number of aromatic amines is 1. The van der Waals surface area contributed by atoms with Crippen LogP contribution in [-0.4, -0.2) is 64.4 Å². The standard InChI is InChI=1S/C20H28N4O4/c1-3-16-13(2)22-24-18(25)9-17(21-20(16)24)14-6-7-23(10-14)19(26)12-27-11-15-5-4-8-28-15/h9,14-15,22H,3-8,10-12H2,1-2H3/t14-,15+/m1/s1. The lowest BCUT2D eigenvalue weighted by molar-refractivity contribution is -0.136. The summed E-state index contributed by atoms with van der Waals surface area (Å²) in [6.07, 6.45) is 3.81. The van der Waals surface area contributed by atoms with Gasteiger partial charge in [0, 0.05) is 42.9 Å². The van der Waals surface area contributed by atoms with Gasteiger partial charge in [-0.15, -0.1) is 0 Å². The summed E-state index contributed by atoms with van der Waals surface area (Å²) in [6.45, 7) is 6.61. The Kier molecular flexibility index (Phi) is 5.50. The van der Waals surface area contributed by atoms with Crippen molar-refractivity contribution in [3.63, 3.8) is 0 Å². The van der Waals surface area contributed by atoms with Crippen LogP contribution in [0.5, 0.6) is 0 Å². The van der Waals surface area contributed by atoms with Crippen LogP contribution in [0.25, 0.3) is 5.65 Å². The van der Waals surface area contributed by atoms with E-state index in [1.165, 1.54) is 4.52 Å². The summed E-state index contributed by atoms with van der Waals surface area (Å²) in [5, 5.41) is 3.09. The number of ether oxygens (including phenoxy) is 2. The second-order valence-corrected chi connectivity index (χ2v) is 7.72. The monoisotopic (exact) mass is 388 g/mol. The van der Waals surface area contributed by atoms with Gasteiger partial charge >= 0.3 is 0 Å². The van der Waals surface area contributed by atoms with Crippen molar-refractivity contribution in [1.29, 1.82) is 0 Å². The minimum atomic E-state index is -0.104. The topological polar surface area (TPSA) is 88.9 Å². The molecule has 2 saturated heterocycles. The van der Waals surface area contributed by atoms with Crippen LogP contribution in [0.1, 0.15) is 49.1 Å². The fourth-order valence-electron chi connectivity index (χ4n) is 4.22. The maximum atomic E-state index is 12.5. The number of carbonyl (C=O) groups excluding carboxylic acids is 1. The fourth-order valence-corrected chi connectivity index (χ4v) is 4.22. The first-order chi connectivity index (χ1) is 13.6. The van der Waals surface area contributed by atoms with E-state index in [-0.39, 0.29) is 30.1 Å². The van der Waals surface area contributed by atoms with Crippen molar-refractivity contribution in [3.05, 3.63) is 33.4 Å². The Morgan fingerprint density at radius 3 is 3.04 bits per heavy atom. The SMILES string of the molecule is CCc1c(C)[nH]n2c(=O)cc([C@@H]3CCN(C(=O)COC[C@@H]4CCCO4)C3)nc12. The number of hydrogen-bond acceptors (Lipinski definition) is 5. The van der Waals surface area contributed by atoms with Crippen molar-refractivity contribution in [2.45, 2.75) is 51.6 Å². The molecule has 4 heterocycles. The number of aryl methyl sites for hydroxylation is 2. The van der Waals surface area contributed by atoms with E-state index in [0.29, 0.717) is 25.3 Å². The number of likely N-dealkylation sites (tertiary alicyclic amines) is 1. The summed E-state index contributed by atoms with van der Waals surface area (Å²) in [5.41, 5.74) is 3.40. The highest BCUT2D eigenvalue weighted by Crippen LogP contribution is 2.26. The third kappa shape index (κ3) is 3.71. The molecule has 2 atom stereocenters. The number of carbonyl (C=O) groups is 1. The molecule has 2 aromatic rings. The number of aromatic nitrogens is 3. The molecule has 1 N–H and O–H groups in total. The fraction of sp³-hybridized carbons (Fsp3) is 0.650. The number of fused-ring (bicyclic) bond motifs is 1. The zero-order valence-electron chi connectivity index (χ0n) is 16.6. The summed E-state index contributed by atoms with van der Waals surface area (Å²) < 4.78 is 12.6. The summed E-state index contributed by atoms with van der Waals surface area (Å²) >= 11 is 0. The van der Waals surface area contributed by atoms with Crippen molar-refractivity contribution < 1.29 is 14.3 Å². The molecule has 0 spiro atoms. The van der Waals surface area contributed by atoms with E-state index < -0.39 is 0 Å². The third-order valence-electron chi connectivity index (χ3n) is 5.81. The van der Waals surface area contributed by atoms with Gasteiger partial charge in [0.15, 0.2) is 5.65 Å². The quantitative estimate of drug-likeness (QED) is 0.808. The highest BCUT2D eigenvalue weighted by atomic mass is 16.5. The molecular formula is C20H28N4O4. The molecule has 28 heavy (non-hydrogen) atoms. The van der Waals surface area contributed by atoms with E-state index in [9.17, 15) is 9.59 Å². The van der Waals surface area contributed by atoms with Crippen LogP contribution in [0.4, 0.5) is 0 Å². The molecular weight excluding hydrogens is 360 g/mol. The van der Waals surface area contributed by atoms with Crippen LogP contribution >= 0.6 is 0 Å². The molecule has 8 nitrogen and oxygen atoms in total.